The summed E-state index contributed by atoms with van der Waals surface area (Å²) in [6.07, 6.45) is 0. The number of nitrogens with zero attached hydrogens (tertiary/aromatic N) is 3. The molecular formula is C18H18BrN3OS. The van der Waals surface area contributed by atoms with E-state index in [1.165, 1.54) is 0 Å². The van der Waals surface area contributed by atoms with Crippen molar-refractivity contribution in [2.75, 3.05) is 7.05 Å². The first-order chi connectivity index (χ1) is 11.5. The molecule has 4 nitrogen and oxygen atoms in total. The number of carbonyl (C=O) groups excluding carboxylic acids is 1. The highest BCUT2D eigenvalue weighted by atomic mass is 79.9. The molecule has 6 heteroatoms. The van der Waals surface area contributed by atoms with Crippen LogP contribution in [-0.4, -0.2) is 27.6 Å². The van der Waals surface area contributed by atoms with Crippen molar-refractivity contribution < 1.29 is 4.79 Å². The van der Waals surface area contributed by atoms with Crippen molar-refractivity contribution in [2.24, 2.45) is 0 Å². The lowest BCUT2D eigenvalue weighted by molar-refractivity contribution is 0.0785. The Labute approximate surface area is 153 Å². The Bertz CT molecular complexity index is 870. The molecule has 1 aromatic carbocycles. The Morgan fingerprint density at radius 2 is 1.92 bits per heavy atom. The molecule has 2 heterocycles. The predicted molar refractivity (Wildman–Crippen MR) is 101 cm³/mol. The van der Waals surface area contributed by atoms with Crippen molar-refractivity contribution in [3.63, 3.8) is 0 Å². The summed E-state index contributed by atoms with van der Waals surface area (Å²) >= 11 is 5.10. The van der Waals surface area contributed by atoms with E-state index in [4.69, 9.17) is 0 Å². The van der Waals surface area contributed by atoms with Crippen LogP contribution in [0, 0.1) is 13.8 Å². The molecule has 0 unspecified atom stereocenters. The first kappa shape index (κ1) is 16.9. The summed E-state index contributed by atoms with van der Waals surface area (Å²) in [6, 6.07) is 13.9. The first-order valence-corrected chi connectivity index (χ1v) is 9.19. The molecule has 0 saturated carbocycles. The predicted octanol–water partition coefficient (Wildman–Crippen LogP) is 4.59. The molecule has 0 bridgehead atoms. The van der Waals surface area contributed by atoms with Crippen LogP contribution in [0.1, 0.15) is 26.6 Å². The Kier molecular flexibility index (Phi) is 4.87. The molecule has 3 aromatic rings. The van der Waals surface area contributed by atoms with Gasteiger partial charge >= 0.3 is 0 Å². The third kappa shape index (κ3) is 3.30. The van der Waals surface area contributed by atoms with Crippen LogP contribution >= 0.6 is 27.3 Å². The quantitative estimate of drug-likeness (QED) is 0.638. The van der Waals surface area contributed by atoms with E-state index in [0.29, 0.717) is 12.1 Å². The van der Waals surface area contributed by atoms with Crippen molar-refractivity contribution in [3.8, 4) is 5.69 Å². The number of amides is 1. The lowest BCUT2D eigenvalue weighted by atomic mass is 10.1. The Hall–Kier alpha value is -1.92. The van der Waals surface area contributed by atoms with Gasteiger partial charge in [-0.05, 0) is 54.0 Å². The van der Waals surface area contributed by atoms with Gasteiger partial charge in [0.15, 0.2) is 0 Å². The number of hydrogen-bond acceptors (Lipinski definition) is 3. The van der Waals surface area contributed by atoms with Gasteiger partial charge < -0.3 is 4.90 Å². The van der Waals surface area contributed by atoms with Gasteiger partial charge in [0.05, 0.1) is 33.0 Å². The lowest BCUT2D eigenvalue weighted by Crippen LogP contribution is -2.26. The van der Waals surface area contributed by atoms with Gasteiger partial charge in [-0.25, -0.2) is 4.68 Å². The zero-order chi connectivity index (χ0) is 17.3. The highest BCUT2D eigenvalue weighted by Gasteiger charge is 2.22. The van der Waals surface area contributed by atoms with Crippen molar-refractivity contribution in [2.45, 2.75) is 20.4 Å². The molecule has 124 valence electrons. The molecule has 0 aliphatic heterocycles. The van der Waals surface area contributed by atoms with Crippen LogP contribution in [0.3, 0.4) is 0 Å². The fourth-order valence-corrected chi connectivity index (χ4v) is 4.24. The maximum Gasteiger partial charge on any atom is 0.257 e. The number of carbonyl (C=O) groups is 1. The number of hydrogen-bond donors (Lipinski definition) is 0. The Balaban J connectivity index is 1.88. The van der Waals surface area contributed by atoms with Crippen LogP contribution in [0.25, 0.3) is 5.69 Å². The topological polar surface area (TPSA) is 38.1 Å². The van der Waals surface area contributed by atoms with Crippen LogP contribution in [0.2, 0.25) is 0 Å². The molecule has 0 radical (unpaired) electrons. The Morgan fingerprint density at radius 3 is 2.54 bits per heavy atom. The third-order valence-electron chi connectivity index (χ3n) is 3.87. The van der Waals surface area contributed by atoms with E-state index in [9.17, 15) is 4.79 Å². The molecular weight excluding hydrogens is 386 g/mol. The van der Waals surface area contributed by atoms with Gasteiger partial charge in [-0.1, -0.05) is 18.2 Å². The molecule has 3 rings (SSSR count). The van der Waals surface area contributed by atoms with E-state index in [-0.39, 0.29) is 5.91 Å². The number of aromatic nitrogens is 2. The van der Waals surface area contributed by atoms with Gasteiger partial charge in [0.2, 0.25) is 0 Å². The SMILES string of the molecule is Cc1nn(-c2ccccc2)c(C)c1C(=O)N(C)Cc1ccc(Br)s1. The average Bonchev–Trinajstić information content (AvgIpc) is 3.10. The van der Waals surface area contributed by atoms with Crippen molar-refractivity contribution in [1.29, 1.82) is 0 Å². The second-order valence-electron chi connectivity index (χ2n) is 5.66. The van der Waals surface area contributed by atoms with Crippen LogP contribution in [0.4, 0.5) is 0 Å². The zero-order valence-electron chi connectivity index (χ0n) is 13.8. The van der Waals surface area contributed by atoms with Gasteiger partial charge in [0.25, 0.3) is 5.91 Å². The van der Waals surface area contributed by atoms with Crippen LogP contribution in [-0.2, 0) is 6.54 Å². The minimum atomic E-state index is -0.00305. The monoisotopic (exact) mass is 403 g/mol. The fourth-order valence-electron chi connectivity index (χ4n) is 2.71. The van der Waals surface area contributed by atoms with Gasteiger partial charge in [0, 0.05) is 11.9 Å². The summed E-state index contributed by atoms with van der Waals surface area (Å²) < 4.78 is 2.90. The van der Waals surface area contributed by atoms with Crippen molar-refractivity contribution in [1.82, 2.24) is 14.7 Å². The van der Waals surface area contributed by atoms with Crippen molar-refractivity contribution in [3.05, 3.63) is 68.1 Å². The summed E-state index contributed by atoms with van der Waals surface area (Å²) in [4.78, 5) is 15.8. The molecule has 0 N–H and O–H groups in total. The van der Waals surface area contributed by atoms with Crippen LogP contribution in [0.5, 0.6) is 0 Å². The van der Waals surface area contributed by atoms with Gasteiger partial charge in [-0.3, -0.25) is 4.79 Å². The summed E-state index contributed by atoms with van der Waals surface area (Å²) in [7, 11) is 1.83. The molecule has 0 atom stereocenters. The van der Waals surface area contributed by atoms with Crippen molar-refractivity contribution >= 4 is 33.2 Å². The molecule has 1 amide bonds. The van der Waals surface area contributed by atoms with Gasteiger partial charge in [-0.2, -0.15) is 5.10 Å². The molecule has 0 fully saturated rings. The molecule has 2 aromatic heterocycles. The lowest BCUT2D eigenvalue weighted by Gasteiger charge is -2.16. The van der Waals surface area contributed by atoms with E-state index < -0.39 is 0 Å². The van der Waals surface area contributed by atoms with E-state index in [0.717, 1.165) is 25.7 Å². The standard InChI is InChI=1S/C18H18BrN3OS/c1-12-17(13(2)22(20-12)14-7-5-4-6-8-14)18(23)21(3)11-15-9-10-16(19)24-15/h4-10H,11H2,1-3H3. The second-order valence-corrected chi connectivity index (χ2v) is 8.21. The largest absolute Gasteiger partial charge is 0.336 e. The number of rotatable bonds is 4. The van der Waals surface area contributed by atoms with Crippen LogP contribution < -0.4 is 0 Å². The first-order valence-electron chi connectivity index (χ1n) is 7.58. The third-order valence-corrected chi connectivity index (χ3v) is 5.48. The minimum absolute atomic E-state index is 0.00305. The zero-order valence-corrected chi connectivity index (χ0v) is 16.2. The number of aryl methyl sites for hydroxylation is 1. The maximum absolute atomic E-state index is 12.9. The Morgan fingerprint density at radius 1 is 1.21 bits per heavy atom. The number of thiophene rings is 1. The molecule has 0 aliphatic rings. The molecule has 0 saturated heterocycles. The summed E-state index contributed by atoms with van der Waals surface area (Å²) in [6.45, 7) is 4.41. The number of benzene rings is 1. The highest BCUT2D eigenvalue weighted by Crippen LogP contribution is 2.24. The van der Waals surface area contributed by atoms with E-state index in [1.54, 1.807) is 16.2 Å². The maximum atomic E-state index is 12.9. The van der Waals surface area contributed by atoms with E-state index in [2.05, 4.69) is 21.0 Å². The van der Waals surface area contributed by atoms with E-state index in [1.807, 2.05) is 68.0 Å². The highest BCUT2D eigenvalue weighted by molar-refractivity contribution is 9.11. The summed E-state index contributed by atoms with van der Waals surface area (Å²) in [5, 5.41) is 4.56. The molecule has 0 spiro atoms. The minimum Gasteiger partial charge on any atom is -0.336 e. The average molecular weight is 404 g/mol. The summed E-state index contributed by atoms with van der Waals surface area (Å²) in [5.41, 5.74) is 3.25. The van der Waals surface area contributed by atoms with Gasteiger partial charge in [-0.15, -0.1) is 11.3 Å². The van der Waals surface area contributed by atoms with E-state index >= 15 is 0 Å². The number of halogens is 1. The molecule has 0 aliphatic carbocycles. The fraction of sp³-hybridized carbons (Fsp3) is 0.222. The normalized spacial score (nSPS) is 10.8. The molecule has 24 heavy (non-hydrogen) atoms. The summed E-state index contributed by atoms with van der Waals surface area (Å²) in [5.74, 6) is -0.00305. The van der Waals surface area contributed by atoms with Gasteiger partial charge in [0.1, 0.15) is 0 Å². The number of para-hydroxylation sites is 1. The van der Waals surface area contributed by atoms with Crippen LogP contribution in [0.15, 0.2) is 46.3 Å². The second kappa shape index (κ2) is 6.91. The smallest absolute Gasteiger partial charge is 0.257 e.